The molecular formula is C15H23N5O3. The number of nitrogen functional groups attached to an aromatic ring is 1. The van der Waals surface area contributed by atoms with Crippen LogP contribution >= 0.6 is 0 Å². The summed E-state index contributed by atoms with van der Waals surface area (Å²) >= 11 is 0. The van der Waals surface area contributed by atoms with Crippen LogP contribution in [0.5, 0.6) is 0 Å². The number of hydrogen-bond donors (Lipinski definition) is 3. The van der Waals surface area contributed by atoms with Crippen LogP contribution in [0.3, 0.4) is 0 Å². The molecule has 8 nitrogen and oxygen atoms in total. The van der Waals surface area contributed by atoms with Gasteiger partial charge in [-0.3, -0.25) is 4.79 Å². The van der Waals surface area contributed by atoms with E-state index in [-0.39, 0.29) is 5.91 Å². The van der Waals surface area contributed by atoms with E-state index in [9.17, 15) is 14.7 Å². The van der Waals surface area contributed by atoms with E-state index >= 15 is 0 Å². The molecule has 4 N–H and O–H groups in total. The quantitative estimate of drug-likeness (QED) is 0.690. The first kappa shape index (κ1) is 16.9. The van der Waals surface area contributed by atoms with Gasteiger partial charge in [0.2, 0.25) is 5.91 Å². The van der Waals surface area contributed by atoms with Crippen LogP contribution in [0.4, 0.5) is 17.3 Å². The van der Waals surface area contributed by atoms with Gasteiger partial charge in [-0.25, -0.2) is 9.78 Å². The van der Waals surface area contributed by atoms with Gasteiger partial charge >= 0.3 is 5.97 Å². The Hall–Kier alpha value is -2.51. The maximum absolute atomic E-state index is 11.3. The highest BCUT2D eigenvalue weighted by Gasteiger charge is 2.31. The second-order valence-corrected chi connectivity index (χ2v) is 5.68. The number of carbonyl (C=O) groups excluding carboxylic acids is 1. The third-order valence-electron chi connectivity index (χ3n) is 3.91. The molecule has 2 rings (SSSR count). The fraction of sp³-hybridized carbons (Fsp3) is 0.533. The zero-order chi connectivity index (χ0) is 17.0. The van der Waals surface area contributed by atoms with Crippen molar-refractivity contribution in [2.75, 3.05) is 42.2 Å². The minimum Gasteiger partial charge on any atom is -0.480 e. The number of carboxylic acid groups (broad SMARTS) is 1. The Kier molecular flexibility index (Phi) is 5.25. The number of likely N-dealkylation sites (N-methyl/N-ethyl adjacent to an activating group) is 1. The van der Waals surface area contributed by atoms with E-state index in [4.69, 9.17) is 5.73 Å². The molecule has 1 atom stereocenters. The number of amides is 1. The highest BCUT2D eigenvalue weighted by molar-refractivity contribution is 5.79. The summed E-state index contributed by atoms with van der Waals surface area (Å²) in [4.78, 5) is 30.4. The monoisotopic (exact) mass is 321 g/mol. The Morgan fingerprint density at radius 3 is 2.91 bits per heavy atom. The van der Waals surface area contributed by atoms with Crippen LogP contribution in [0.15, 0.2) is 12.1 Å². The average molecular weight is 321 g/mol. The SMILES string of the molecule is CC(=O)NCCN(C)c1nc(N2CCCC2C(=O)O)ccc1N. The fourth-order valence-electron chi connectivity index (χ4n) is 2.72. The number of nitrogens with two attached hydrogens (primary N) is 1. The zero-order valence-electron chi connectivity index (χ0n) is 13.5. The van der Waals surface area contributed by atoms with E-state index in [1.165, 1.54) is 6.92 Å². The number of carbonyl (C=O) groups is 2. The van der Waals surface area contributed by atoms with Gasteiger partial charge in [-0.1, -0.05) is 0 Å². The van der Waals surface area contributed by atoms with Crippen LogP contribution in [-0.4, -0.2) is 54.7 Å². The second kappa shape index (κ2) is 7.17. The van der Waals surface area contributed by atoms with Crippen molar-refractivity contribution in [1.29, 1.82) is 0 Å². The second-order valence-electron chi connectivity index (χ2n) is 5.68. The Morgan fingerprint density at radius 2 is 2.26 bits per heavy atom. The van der Waals surface area contributed by atoms with E-state index in [2.05, 4.69) is 10.3 Å². The molecule has 23 heavy (non-hydrogen) atoms. The Morgan fingerprint density at radius 1 is 1.52 bits per heavy atom. The molecule has 1 fully saturated rings. The first-order valence-electron chi connectivity index (χ1n) is 7.61. The Bertz CT molecular complexity index is 592. The van der Waals surface area contributed by atoms with Crippen molar-refractivity contribution >= 4 is 29.2 Å². The lowest BCUT2D eigenvalue weighted by Crippen LogP contribution is -2.37. The molecule has 0 spiro atoms. The largest absolute Gasteiger partial charge is 0.480 e. The van der Waals surface area contributed by atoms with Gasteiger partial charge in [0.05, 0.1) is 5.69 Å². The van der Waals surface area contributed by atoms with E-state index in [0.29, 0.717) is 43.4 Å². The van der Waals surface area contributed by atoms with Crippen LogP contribution in [0, 0.1) is 0 Å². The van der Waals surface area contributed by atoms with Crippen molar-refractivity contribution in [2.24, 2.45) is 0 Å². The van der Waals surface area contributed by atoms with Crippen LogP contribution in [0.1, 0.15) is 19.8 Å². The van der Waals surface area contributed by atoms with E-state index in [1.807, 2.05) is 11.9 Å². The molecule has 1 amide bonds. The van der Waals surface area contributed by atoms with E-state index < -0.39 is 12.0 Å². The molecular weight excluding hydrogens is 298 g/mol. The van der Waals surface area contributed by atoms with Gasteiger partial charge in [-0.05, 0) is 25.0 Å². The summed E-state index contributed by atoms with van der Waals surface area (Å²) in [6, 6.07) is 2.95. The lowest BCUT2D eigenvalue weighted by atomic mass is 10.2. The minimum absolute atomic E-state index is 0.0885. The summed E-state index contributed by atoms with van der Waals surface area (Å²) < 4.78 is 0. The van der Waals surface area contributed by atoms with Crippen LogP contribution in [0.25, 0.3) is 0 Å². The van der Waals surface area contributed by atoms with Gasteiger partial charge in [-0.2, -0.15) is 0 Å². The molecule has 0 bridgehead atoms. The number of aliphatic carboxylic acids is 1. The van der Waals surface area contributed by atoms with E-state index in [0.717, 1.165) is 6.42 Å². The molecule has 1 aromatic rings. The maximum atomic E-state index is 11.3. The average Bonchev–Trinajstić information content (AvgIpc) is 2.96. The van der Waals surface area contributed by atoms with Gasteiger partial charge in [0.25, 0.3) is 0 Å². The maximum Gasteiger partial charge on any atom is 0.326 e. The smallest absolute Gasteiger partial charge is 0.326 e. The predicted molar refractivity (Wildman–Crippen MR) is 88.6 cm³/mol. The minimum atomic E-state index is -0.832. The third kappa shape index (κ3) is 4.02. The van der Waals surface area contributed by atoms with Crippen molar-refractivity contribution in [3.63, 3.8) is 0 Å². The number of aromatic nitrogens is 1. The highest BCUT2D eigenvalue weighted by atomic mass is 16.4. The lowest BCUT2D eigenvalue weighted by molar-refractivity contribution is -0.138. The summed E-state index contributed by atoms with van der Waals surface area (Å²) in [6.07, 6.45) is 1.45. The molecule has 0 aromatic carbocycles. The molecule has 1 unspecified atom stereocenters. The standard InChI is InChI=1S/C15H23N5O3/c1-10(21)17-7-9-19(2)14-11(16)5-6-13(18-14)20-8-3-4-12(20)15(22)23/h5-6,12H,3-4,7-9,16H2,1-2H3,(H,17,21)(H,22,23). The first-order valence-corrected chi connectivity index (χ1v) is 7.61. The van der Waals surface area contributed by atoms with E-state index in [1.54, 1.807) is 17.0 Å². The number of anilines is 3. The Labute approximate surface area is 135 Å². The Balaban J connectivity index is 2.15. The molecule has 1 aliphatic heterocycles. The van der Waals surface area contributed by atoms with Crippen LogP contribution in [-0.2, 0) is 9.59 Å². The van der Waals surface area contributed by atoms with Gasteiger partial charge in [0.15, 0.2) is 5.82 Å². The van der Waals surface area contributed by atoms with Gasteiger partial charge < -0.3 is 26.0 Å². The summed E-state index contributed by atoms with van der Waals surface area (Å²) in [7, 11) is 1.84. The molecule has 8 heteroatoms. The van der Waals surface area contributed by atoms with Gasteiger partial charge in [-0.15, -0.1) is 0 Å². The molecule has 0 radical (unpaired) electrons. The summed E-state index contributed by atoms with van der Waals surface area (Å²) in [5, 5.41) is 12.0. The molecule has 1 aromatic heterocycles. The topological polar surface area (TPSA) is 112 Å². The van der Waals surface area contributed by atoms with Crippen molar-refractivity contribution in [3.8, 4) is 0 Å². The number of nitrogens with one attached hydrogen (secondary N) is 1. The lowest BCUT2D eigenvalue weighted by Gasteiger charge is -2.26. The van der Waals surface area contributed by atoms with Crippen molar-refractivity contribution in [2.45, 2.75) is 25.8 Å². The van der Waals surface area contributed by atoms with Gasteiger partial charge in [0, 0.05) is 33.6 Å². The molecule has 1 saturated heterocycles. The number of carboxylic acids is 1. The van der Waals surface area contributed by atoms with Crippen molar-refractivity contribution in [1.82, 2.24) is 10.3 Å². The molecule has 126 valence electrons. The fourth-order valence-corrected chi connectivity index (χ4v) is 2.72. The first-order chi connectivity index (χ1) is 10.9. The summed E-state index contributed by atoms with van der Waals surface area (Å²) in [5.74, 6) is 0.283. The predicted octanol–water partition coefficient (Wildman–Crippen LogP) is 0.290. The molecule has 1 aliphatic rings. The zero-order valence-corrected chi connectivity index (χ0v) is 13.5. The molecule has 2 heterocycles. The van der Waals surface area contributed by atoms with Crippen molar-refractivity contribution < 1.29 is 14.7 Å². The molecule has 0 saturated carbocycles. The van der Waals surface area contributed by atoms with Crippen LogP contribution in [0.2, 0.25) is 0 Å². The summed E-state index contributed by atoms with van der Waals surface area (Å²) in [5.41, 5.74) is 6.51. The van der Waals surface area contributed by atoms with Crippen molar-refractivity contribution in [3.05, 3.63) is 12.1 Å². The highest BCUT2D eigenvalue weighted by Crippen LogP contribution is 2.28. The number of pyridine rings is 1. The van der Waals surface area contributed by atoms with Crippen LogP contribution < -0.4 is 20.9 Å². The van der Waals surface area contributed by atoms with Gasteiger partial charge in [0.1, 0.15) is 11.9 Å². The summed E-state index contributed by atoms with van der Waals surface area (Å²) in [6.45, 7) is 3.18. The molecule has 0 aliphatic carbocycles. The third-order valence-corrected chi connectivity index (χ3v) is 3.91. The number of hydrogen-bond acceptors (Lipinski definition) is 6. The number of rotatable bonds is 6. The normalized spacial score (nSPS) is 17.1. The number of nitrogens with zero attached hydrogens (tertiary/aromatic N) is 3.